The quantitative estimate of drug-likeness (QED) is 0.359. The Bertz CT molecular complexity index is 780. The molecule has 134 valence electrons. The van der Waals surface area contributed by atoms with Gasteiger partial charge in [-0.05, 0) is 23.5 Å². The number of Topliss-reactive ketones (excluding diaryl/α,β-unsaturated/α-hetero) is 1. The Kier molecular flexibility index (Phi) is 4.67. The summed E-state index contributed by atoms with van der Waals surface area (Å²) in [6, 6.07) is 13.9. The van der Waals surface area contributed by atoms with Crippen LogP contribution >= 0.6 is 0 Å². The van der Waals surface area contributed by atoms with Crippen molar-refractivity contribution in [3.05, 3.63) is 59.8 Å². The summed E-state index contributed by atoms with van der Waals surface area (Å²) in [5, 5.41) is 11.1. The lowest BCUT2D eigenvalue weighted by molar-refractivity contribution is 0.106. The van der Waals surface area contributed by atoms with Crippen LogP contribution in [0.15, 0.2) is 53.8 Å². The number of ketones is 1. The first-order chi connectivity index (χ1) is 12.7. The maximum absolute atomic E-state index is 11.5. The largest absolute Gasteiger partial charge is 0.477 e. The highest BCUT2D eigenvalue weighted by Crippen LogP contribution is 2.51. The second kappa shape index (κ2) is 7.25. The van der Waals surface area contributed by atoms with Crippen LogP contribution in [0.25, 0.3) is 0 Å². The molecule has 1 aromatic heterocycles. The lowest BCUT2D eigenvalue weighted by Crippen LogP contribution is -2.25. The van der Waals surface area contributed by atoms with E-state index in [1.165, 1.54) is 11.8 Å². The van der Waals surface area contributed by atoms with Crippen molar-refractivity contribution < 1.29 is 14.7 Å². The van der Waals surface area contributed by atoms with Crippen molar-refractivity contribution in [1.82, 2.24) is 9.88 Å². The molecule has 2 aromatic rings. The van der Waals surface area contributed by atoms with Crippen molar-refractivity contribution in [2.24, 2.45) is 22.9 Å². The molecule has 1 unspecified atom stereocenters. The van der Waals surface area contributed by atoms with Gasteiger partial charge in [-0.1, -0.05) is 35.5 Å². The third-order valence-corrected chi connectivity index (χ3v) is 5.32. The van der Waals surface area contributed by atoms with Crippen LogP contribution < -0.4 is 4.74 Å². The highest BCUT2D eigenvalue weighted by molar-refractivity contribution is 6.35. The van der Waals surface area contributed by atoms with Crippen molar-refractivity contribution in [1.29, 1.82) is 0 Å². The number of fused-ring (bicyclic) bond motifs is 1. The number of carbonyl (C=O) groups is 1. The van der Waals surface area contributed by atoms with Crippen LogP contribution in [0.5, 0.6) is 5.88 Å². The van der Waals surface area contributed by atoms with Crippen LogP contribution in [-0.2, 0) is 6.54 Å². The molecule has 26 heavy (non-hydrogen) atoms. The molecule has 2 aliphatic rings. The summed E-state index contributed by atoms with van der Waals surface area (Å²) in [6.07, 6.45) is 2.29. The van der Waals surface area contributed by atoms with E-state index in [0.717, 1.165) is 37.7 Å². The molecule has 0 spiro atoms. The number of benzene rings is 1. The molecule has 0 bridgehead atoms. The minimum absolute atomic E-state index is 0.370. The second-order valence-corrected chi connectivity index (χ2v) is 6.98. The smallest absolute Gasteiger partial charge is 0.213 e. The van der Waals surface area contributed by atoms with Crippen LogP contribution in [0.4, 0.5) is 0 Å². The summed E-state index contributed by atoms with van der Waals surface area (Å²) < 4.78 is 5.79. The van der Waals surface area contributed by atoms with Crippen LogP contribution in [0.2, 0.25) is 0 Å². The average Bonchev–Trinajstić information content (AvgIpc) is 3.12. The number of likely N-dealkylation sites (tertiary alicyclic amines) is 1. The molecule has 3 atom stereocenters. The van der Waals surface area contributed by atoms with Crippen molar-refractivity contribution in [3.63, 3.8) is 0 Å². The first kappa shape index (κ1) is 16.7. The van der Waals surface area contributed by atoms with E-state index in [4.69, 9.17) is 9.94 Å². The lowest BCUT2D eigenvalue weighted by Gasteiger charge is -2.19. The summed E-state index contributed by atoms with van der Waals surface area (Å²) in [7, 11) is 0. The SMILES string of the molecule is O=C(C=NO)c1ccc(OCC2[C@H]3CN(Cc4ccccc4)C[C@@H]23)nc1. The van der Waals surface area contributed by atoms with Crippen molar-refractivity contribution in [2.45, 2.75) is 6.54 Å². The lowest BCUT2D eigenvalue weighted by atomic mass is 10.2. The summed E-state index contributed by atoms with van der Waals surface area (Å²) in [4.78, 5) is 18.2. The molecule has 1 aliphatic carbocycles. The summed E-state index contributed by atoms with van der Waals surface area (Å²) in [6.45, 7) is 3.96. The molecule has 2 fully saturated rings. The maximum Gasteiger partial charge on any atom is 0.213 e. The minimum Gasteiger partial charge on any atom is -0.477 e. The fraction of sp³-hybridized carbons (Fsp3) is 0.350. The fourth-order valence-electron chi connectivity index (χ4n) is 3.87. The number of aromatic nitrogens is 1. The molecule has 0 radical (unpaired) electrons. The highest BCUT2D eigenvalue weighted by Gasteiger charge is 2.55. The number of ether oxygens (including phenoxy) is 1. The monoisotopic (exact) mass is 351 g/mol. The van der Waals surface area contributed by atoms with Gasteiger partial charge >= 0.3 is 0 Å². The first-order valence-corrected chi connectivity index (χ1v) is 8.81. The predicted molar refractivity (Wildman–Crippen MR) is 96.5 cm³/mol. The van der Waals surface area contributed by atoms with E-state index in [2.05, 4.69) is 45.4 Å². The Labute approximate surface area is 152 Å². The first-order valence-electron chi connectivity index (χ1n) is 8.81. The van der Waals surface area contributed by atoms with E-state index in [1.807, 2.05) is 0 Å². The normalized spacial score (nSPS) is 24.5. The number of hydrogen-bond acceptors (Lipinski definition) is 6. The zero-order chi connectivity index (χ0) is 17.9. The zero-order valence-electron chi connectivity index (χ0n) is 14.4. The Hall–Kier alpha value is -2.73. The predicted octanol–water partition coefficient (Wildman–Crippen LogP) is 2.48. The summed E-state index contributed by atoms with van der Waals surface area (Å²) in [5.41, 5.74) is 1.74. The van der Waals surface area contributed by atoms with Gasteiger partial charge in [0.2, 0.25) is 11.7 Å². The van der Waals surface area contributed by atoms with Crippen LogP contribution in [0.3, 0.4) is 0 Å². The van der Waals surface area contributed by atoms with Crippen molar-refractivity contribution in [2.75, 3.05) is 19.7 Å². The third-order valence-electron chi connectivity index (χ3n) is 5.32. The van der Waals surface area contributed by atoms with E-state index in [0.29, 0.717) is 24.0 Å². The zero-order valence-corrected chi connectivity index (χ0v) is 14.4. The second-order valence-electron chi connectivity index (χ2n) is 6.98. The number of piperidine rings is 1. The van der Waals surface area contributed by atoms with E-state index in [9.17, 15) is 4.79 Å². The third kappa shape index (κ3) is 3.60. The molecule has 6 heteroatoms. The van der Waals surface area contributed by atoms with Gasteiger partial charge < -0.3 is 9.94 Å². The van der Waals surface area contributed by atoms with E-state index < -0.39 is 0 Å². The van der Waals surface area contributed by atoms with Crippen molar-refractivity contribution in [3.8, 4) is 5.88 Å². The number of pyridine rings is 1. The van der Waals surface area contributed by atoms with Crippen LogP contribution in [-0.4, -0.2) is 46.8 Å². The summed E-state index contributed by atoms with van der Waals surface area (Å²) in [5.74, 6) is 2.18. The summed E-state index contributed by atoms with van der Waals surface area (Å²) >= 11 is 0. The number of nitrogens with zero attached hydrogens (tertiary/aromatic N) is 3. The van der Waals surface area contributed by atoms with Crippen LogP contribution in [0.1, 0.15) is 15.9 Å². The van der Waals surface area contributed by atoms with Gasteiger partial charge in [0.05, 0.1) is 6.61 Å². The minimum atomic E-state index is -0.387. The van der Waals surface area contributed by atoms with Gasteiger partial charge in [0.15, 0.2) is 0 Å². The van der Waals surface area contributed by atoms with E-state index >= 15 is 0 Å². The number of carbonyl (C=O) groups excluding carboxylic acids is 1. The molecule has 1 saturated heterocycles. The Morgan fingerprint density at radius 1 is 1.23 bits per heavy atom. The van der Waals surface area contributed by atoms with Gasteiger partial charge in [-0.15, -0.1) is 0 Å². The average molecular weight is 351 g/mol. The Morgan fingerprint density at radius 2 is 2.00 bits per heavy atom. The standard InChI is InChI=1S/C20H21N3O3/c24-19(9-22-25)15-6-7-20(21-8-15)26-13-18-16-11-23(12-17(16)18)10-14-4-2-1-3-5-14/h1-9,16-18,25H,10-13H2/t16-,17+,18?. The van der Waals surface area contributed by atoms with E-state index in [-0.39, 0.29) is 5.78 Å². The molecule has 2 heterocycles. The molecule has 1 aromatic carbocycles. The number of oxime groups is 1. The van der Waals surface area contributed by atoms with Gasteiger partial charge in [0.25, 0.3) is 0 Å². The van der Waals surface area contributed by atoms with Gasteiger partial charge in [-0.3, -0.25) is 9.69 Å². The molecular formula is C20H21N3O3. The number of rotatable bonds is 7. The molecule has 1 N–H and O–H groups in total. The number of hydrogen-bond donors (Lipinski definition) is 1. The molecule has 0 amide bonds. The van der Waals surface area contributed by atoms with Gasteiger partial charge in [-0.2, -0.15) is 0 Å². The molecule has 6 nitrogen and oxygen atoms in total. The maximum atomic E-state index is 11.5. The van der Waals surface area contributed by atoms with Gasteiger partial charge in [0.1, 0.15) is 6.21 Å². The topological polar surface area (TPSA) is 75.0 Å². The Balaban J connectivity index is 1.22. The highest BCUT2D eigenvalue weighted by atomic mass is 16.5. The fourth-order valence-corrected chi connectivity index (χ4v) is 3.87. The molecule has 4 rings (SSSR count). The molecule has 1 aliphatic heterocycles. The molecule has 1 saturated carbocycles. The molecular weight excluding hydrogens is 330 g/mol. The Morgan fingerprint density at radius 3 is 2.65 bits per heavy atom. The van der Waals surface area contributed by atoms with Gasteiger partial charge in [0, 0.05) is 43.4 Å². The van der Waals surface area contributed by atoms with E-state index in [1.54, 1.807) is 12.1 Å². The van der Waals surface area contributed by atoms with Gasteiger partial charge in [-0.25, -0.2) is 4.98 Å². The van der Waals surface area contributed by atoms with Crippen LogP contribution in [0, 0.1) is 17.8 Å². The van der Waals surface area contributed by atoms with Crippen molar-refractivity contribution >= 4 is 12.0 Å².